The van der Waals surface area contributed by atoms with Crippen LogP contribution in [0.25, 0.3) is 22.3 Å². The molecule has 0 radical (unpaired) electrons. The van der Waals surface area contributed by atoms with E-state index >= 15 is 0 Å². The molecule has 0 heterocycles. The lowest BCUT2D eigenvalue weighted by atomic mass is 9.55. The second-order valence-electron chi connectivity index (χ2n) is 14.7. The normalized spacial score (nSPS) is 18.0. The van der Waals surface area contributed by atoms with Crippen LogP contribution in [-0.4, -0.2) is 0 Å². The molecular formula is C42H43N. The van der Waals surface area contributed by atoms with Gasteiger partial charge in [-0.2, -0.15) is 0 Å². The maximum atomic E-state index is 2.49. The first-order valence-electron chi connectivity index (χ1n) is 15.7. The van der Waals surface area contributed by atoms with Gasteiger partial charge in [0.05, 0.1) is 5.69 Å². The molecule has 43 heavy (non-hydrogen) atoms. The van der Waals surface area contributed by atoms with Gasteiger partial charge in [-0.3, -0.25) is 0 Å². The second-order valence-corrected chi connectivity index (χ2v) is 14.7. The first kappa shape index (κ1) is 27.7. The summed E-state index contributed by atoms with van der Waals surface area (Å²) in [7, 11) is 0. The van der Waals surface area contributed by atoms with Crippen molar-refractivity contribution in [3.63, 3.8) is 0 Å². The van der Waals surface area contributed by atoms with Crippen molar-refractivity contribution in [2.75, 3.05) is 4.90 Å². The average Bonchev–Trinajstić information content (AvgIpc) is 3.00. The summed E-state index contributed by atoms with van der Waals surface area (Å²) in [5, 5.41) is 0. The second kappa shape index (κ2) is 9.20. The summed E-state index contributed by atoms with van der Waals surface area (Å²) >= 11 is 0. The maximum Gasteiger partial charge on any atom is 0.0543 e. The third-order valence-corrected chi connectivity index (χ3v) is 11.8. The molecule has 0 unspecified atom stereocenters. The van der Waals surface area contributed by atoms with Crippen molar-refractivity contribution in [3.8, 4) is 22.3 Å². The van der Waals surface area contributed by atoms with Crippen molar-refractivity contribution in [2.24, 2.45) is 0 Å². The van der Waals surface area contributed by atoms with Crippen LogP contribution in [-0.2, 0) is 21.7 Å². The van der Waals surface area contributed by atoms with E-state index in [0.29, 0.717) is 0 Å². The van der Waals surface area contributed by atoms with Gasteiger partial charge in [-0.05, 0) is 90.9 Å². The predicted octanol–water partition coefficient (Wildman–Crippen LogP) is 11.6. The molecule has 0 saturated heterocycles. The topological polar surface area (TPSA) is 3.24 Å². The van der Waals surface area contributed by atoms with E-state index in [9.17, 15) is 0 Å². The van der Waals surface area contributed by atoms with Gasteiger partial charge < -0.3 is 4.90 Å². The van der Waals surface area contributed by atoms with Crippen LogP contribution < -0.4 is 4.90 Å². The van der Waals surface area contributed by atoms with E-state index in [0.717, 1.165) is 0 Å². The molecular weight excluding hydrogens is 518 g/mol. The van der Waals surface area contributed by atoms with E-state index in [-0.39, 0.29) is 21.7 Å². The molecule has 0 spiro atoms. The van der Waals surface area contributed by atoms with Gasteiger partial charge in [-0.25, -0.2) is 0 Å². The monoisotopic (exact) mass is 561 g/mol. The number of nitrogens with zero attached hydrogens (tertiary/aromatic N) is 1. The lowest BCUT2D eigenvalue weighted by Gasteiger charge is -2.49. The van der Waals surface area contributed by atoms with Gasteiger partial charge in [0.25, 0.3) is 0 Å². The molecule has 1 heteroatoms. The Bertz CT molecular complexity index is 1870. The van der Waals surface area contributed by atoms with Crippen LogP contribution in [0.5, 0.6) is 0 Å². The van der Waals surface area contributed by atoms with Crippen LogP contribution in [0.4, 0.5) is 17.1 Å². The fraction of sp³-hybridized carbons (Fsp3) is 0.286. The summed E-state index contributed by atoms with van der Waals surface area (Å²) in [5.74, 6) is 0. The summed E-state index contributed by atoms with van der Waals surface area (Å²) in [6, 6.07) is 43.1. The van der Waals surface area contributed by atoms with Crippen molar-refractivity contribution >= 4 is 17.1 Å². The Kier molecular flexibility index (Phi) is 5.93. The zero-order chi connectivity index (χ0) is 30.4. The Morgan fingerprint density at radius 2 is 0.860 bits per heavy atom. The number of rotatable bonds is 3. The molecule has 0 N–H and O–H groups in total. The summed E-state index contributed by atoms with van der Waals surface area (Å²) in [4.78, 5) is 2.49. The van der Waals surface area contributed by atoms with E-state index in [4.69, 9.17) is 0 Å². The predicted molar refractivity (Wildman–Crippen MR) is 184 cm³/mol. The van der Waals surface area contributed by atoms with Crippen LogP contribution in [0.1, 0.15) is 77.6 Å². The highest BCUT2D eigenvalue weighted by Gasteiger charge is 2.48. The summed E-state index contributed by atoms with van der Waals surface area (Å²) < 4.78 is 0. The van der Waals surface area contributed by atoms with Gasteiger partial charge in [0, 0.05) is 16.9 Å². The van der Waals surface area contributed by atoms with Gasteiger partial charge in [-0.15, -0.1) is 0 Å². The molecule has 5 aromatic rings. The van der Waals surface area contributed by atoms with Crippen LogP contribution >= 0.6 is 0 Å². The number of benzene rings is 5. The lowest BCUT2D eigenvalue weighted by Crippen LogP contribution is -2.44. The summed E-state index contributed by atoms with van der Waals surface area (Å²) in [5.41, 5.74) is 14.5. The molecule has 0 atom stereocenters. The Morgan fingerprint density at radius 1 is 0.372 bits per heavy atom. The van der Waals surface area contributed by atoms with E-state index in [2.05, 4.69) is 176 Å². The molecule has 7 rings (SSSR count). The van der Waals surface area contributed by atoms with Crippen LogP contribution in [0.3, 0.4) is 0 Å². The number of anilines is 3. The van der Waals surface area contributed by atoms with Gasteiger partial charge in [-0.1, -0.05) is 140 Å². The quantitative estimate of drug-likeness (QED) is 0.212. The Balaban J connectivity index is 1.52. The Labute approximate surface area is 258 Å². The molecule has 0 aromatic heterocycles. The highest BCUT2D eigenvalue weighted by atomic mass is 15.1. The standard InChI is InChI=1S/C42H43N/c1-39(2)33-21-14-12-19-30(33)31-26-25-29(27-36(31)42(39,7)8)43(28-17-10-9-11-18-28)37-24-16-23-35-38(37)32-20-13-15-22-34(32)40(3,4)41(35,5)6/h9-27H,1-8H3. The maximum absolute atomic E-state index is 2.49. The van der Waals surface area contributed by atoms with Crippen molar-refractivity contribution < 1.29 is 0 Å². The van der Waals surface area contributed by atoms with Gasteiger partial charge in [0.15, 0.2) is 0 Å². The Morgan fingerprint density at radius 3 is 1.53 bits per heavy atom. The van der Waals surface area contributed by atoms with Crippen LogP contribution in [0, 0.1) is 0 Å². The van der Waals surface area contributed by atoms with Gasteiger partial charge in [0.1, 0.15) is 0 Å². The lowest BCUT2D eigenvalue weighted by molar-refractivity contribution is 0.299. The molecule has 0 saturated carbocycles. The fourth-order valence-electron chi connectivity index (χ4n) is 7.81. The van der Waals surface area contributed by atoms with Crippen molar-refractivity contribution in [3.05, 3.63) is 138 Å². The van der Waals surface area contributed by atoms with E-state index in [1.165, 1.54) is 61.6 Å². The molecule has 0 fully saturated rings. The molecule has 1 nitrogen and oxygen atoms in total. The number of hydrogen-bond donors (Lipinski definition) is 0. The average molecular weight is 562 g/mol. The van der Waals surface area contributed by atoms with Crippen molar-refractivity contribution in [1.29, 1.82) is 0 Å². The van der Waals surface area contributed by atoms with Gasteiger partial charge in [0.2, 0.25) is 0 Å². The third kappa shape index (κ3) is 3.70. The molecule has 0 aliphatic heterocycles. The minimum atomic E-state index is -0.0657. The minimum absolute atomic E-state index is 0.0123. The molecule has 2 aliphatic rings. The number of hydrogen-bond acceptors (Lipinski definition) is 1. The Hall–Kier alpha value is -4.10. The van der Waals surface area contributed by atoms with Crippen LogP contribution in [0.2, 0.25) is 0 Å². The van der Waals surface area contributed by atoms with Crippen molar-refractivity contribution in [1.82, 2.24) is 0 Å². The van der Waals surface area contributed by atoms with Crippen LogP contribution in [0.15, 0.2) is 115 Å². The highest BCUT2D eigenvalue weighted by Crippen LogP contribution is 2.58. The highest BCUT2D eigenvalue weighted by molar-refractivity contribution is 5.94. The van der Waals surface area contributed by atoms with Crippen molar-refractivity contribution in [2.45, 2.75) is 77.0 Å². The molecule has 2 aliphatic carbocycles. The van der Waals surface area contributed by atoms with Gasteiger partial charge >= 0.3 is 0 Å². The summed E-state index contributed by atoms with van der Waals surface area (Å²) in [6.45, 7) is 19.3. The smallest absolute Gasteiger partial charge is 0.0543 e. The summed E-state index contributed by atoms with van der Waals surface area (Å²) in [6.07, 6.45) is 0. The van der Waals surface area contributed by atoms with E-state index < -0.39 is 0 Å². The van der Waals surface area contributed by atoms with E-state index in [1.807, 2.05) is 0 Å². The molecule has 216 valence electrons. The zero-order valence-corrected chi connectivity index (χ0v) is 26.9. The first-order chi connectivity index (χ1) is 20.4. The molecule has 0 amide bonds. The minimum Gasteiger partial charge on any atom is -0.310 e. The fourth-order valence-corrected chi connectivity index (χ4v) is 7.81. The number of para-hydroxylation sites is 1. The zero-order valence-electron chi connectivity index (χ0n) is 26.9. The van der Waals surface area contributed by atoms with E-state index in [1.54, 1.807) is 0 Å². The SMILES string of the molecule is CC1(C)c2ccccc2-c2ccc(N(c3ccccc3)c3cccc4c3-c3ccccc3C(C)(C)C4(C)C)cc2C1(C)C. The molecule has 0 bridgehead atoms. The largest absolute Gasteiger partial charge is 0.310 e. The molecule has 5 aromatic carbocycles. The first-order valence-corrected chi connectivity index (χ1v) is 15.7. The number of fused-ring (bicyclic) bond motifs is 6. The third-order valence-electron chi connectivity index (χ3n) is 11.8.